The zero-order valence-electron chi connectivity index (χ0n) is 10.1. The van der Waals surface area contributed by atoms with Crippen LogP contribution >= 0.6 is 11.3 Å². The van der Waals surface area contributed by atoms with E-state index in [0.29, 0.717) is 6.42 Å². The van der Waals surface area contributed by atoms with Crippen LogP contribution in [-0.4, -0.2) is 17.6 Å². The van der Waals surface area contributed by atoms with Crippen molar-refractivity contribution in [2.24, 2.45) is 0 Å². The summed E-state index contributed by atoms with van der Waals surface area (Å²) in [5.74, 6) is 1.74. The predicted octanol–water partition coefficient (Wildman–Crippen LogP) is 3.06. The number of benzene rings is 1. The van der Waals surface area contributed by atoms with E-state index in [1.807, 2.05) is 18.2 Å². The molecule has 1 aliphatic carbocycles. The molecule has 0 atom stereocenters. The third-order valence-electron chi connectivity index (χ3n) is 3.39. The fourth-order valence-corrected chi connectivity index (χ4v) is 3.50. The molecule has 1 aliphatic heterocycles. The van der Waals surface area contributed by atoms with Crippen LogP contribution in [0.2, 0.25) is 0 Å². The molecule has 0 amide bonds. The van der Waals surface area contributed by atoms with E-state index in [1.54, 1.807) is 0 Å². The average molecular weight is 273 g/mol. The SMILES string of the molecule is O=C1CCCc2nc(-c3ccc4c(c3)OCO4)sc21. The number of hydrogen-bond acceptors (Lipinski definition) is 5. The first-order chi connectivity index (χ1) is 9.31. The minimum Gasteiger partial charge on any atom is -0.454 e. The van der Waals surface area contributed by atoms with Gasteiger partial charge in [-0.25, -0.2) is 4.98 Å². The van der Waals surface area contributed by atoms with Crippen molar-refractivity contribution < 1.29 is 14.3 Å². The number of hydrogen-bond donors (Lipinski definition) is 0. The molecule has 1 aromatic heterocycles. The molecule has 0 saturated heterocycles. The van der Waals surface area contributed by atoms with Crippen LogP contribution in [0, 0.1) is 0 Å². The van der Waals surface area contributed by atoms with Crippen molar-refractivity contribution in [1.29, 1.82) is 0 Å². The van der Waals surface area contributed by atoms with Crippen molar-refractivity contribution in [2.75, 3.05) is 6.79 Å². The van der Waals surface area contributed by atoms with Crippen LogP contribution in [0.1, 0.15) is 28.2 Å². The van der Waals surface area contributed by atoms with E-state index in [0.717, 1.165) is 45.5 Å². The summed E-state index contributed by atoms with van der Waals surface area (Å²) in [6.07, 6.45) is 2.47. The predicted molar refractivity (Wildman–Crippen MR) is 70.9 cm³/mol. The molecule has 1 aromatic carbocycles. The van der Waals surface area contributed by atoms with E-state index in [-0.39, 0.29) is 12.6 Å². The molecule has 0 unspecified atom stereocenters. The Morgan fingerprint density at radius 1 is 1.16 bits per heavy atom. The van der Waals surface area contributed by atoms with Crippen LogP contribution in [0.15, 0.2) is 18.2 Å². The topological polar surface area (TPSA) is 48.4 Å². The van der Waals surface area contributed by atoms with Gasteiger partial charge in [-0.2, -0.15) is 0 Å². The average Bonchev–Trinajstić information content (AvgIpc) is 3.04. The number of fused-ring (bicyclic) bond motifs is 2. The molecule has 19 heavy (non-hydrogen) atoms. The second-order valence-electron chi connectivity index (χ2n) is 4.64. The molecule has 2 aliphatic rings. The van der Waals surface area contributed by atoms with Gasteiger partial charge in [0.25, 0.3) is 0 Å². The molecule has 0 radical (unpaired) electrons. The summed E-state index contributed by atoms with van der Waals surface area (Å²) in [4.78, 5) is 17.3. The van der Waals surface area contributed by atoms with E-state index in [2.05, 4.69) is 4.98 Å². The molecule has 0 saturated carbocycles. The number of Topliss-reactive ketones (excluding diaryl/α,β-unsaturated/α-hetero) is 1. The first kappa shape index (κ1) is 11.0. The summed E-state index contributed by atoms with van der Waals surface area (Å²) in [5.41, 5.74) is 1.94. The normalized spacial score (nSPS) is 16.5. The highest BCUT2D eigenvalue weighted by molar-refractivity contribution is 7.17. The van der Waals surface area contributed by atoms with Gasteiger partial charge < -0.3 is 9.47 Å². The minimum absolute atomic E-state index is 0.228. The molecule has 5 heteroatoms. The number of aromatic nitrogens is 1. The molecule has 96 valence electrons. The Bertz CT molecular complexity index is 677. The van der Waals surface area contributed by atoms with Crippen LogP contribution in [0.3, 0.4) is 0 Å². The maximum absolute atomic E-state index is 11.8. The molecule has 2 heterocycles. The minimum atomic E-state index is 0.228. The zero-order valence-corrected chi connectivity index (χ0v) is 11.0. The number of ether oxygens (including phenoxy) is 2. The number of nitrogens with zero attached hydrogens (tertiary/aromatic N) is 1. The highest BCUT2D eigenvalue weighted by Crippen LogP contribution is 2.38. The number of thiazole rings is 1. The van der Waals surface area contributed by atoms with Gasteiger partial charge in [0.05, 0.1) is 10.6 Å². The van der Waals surface area contributed by atoms with E-state index < -0.39 is 0 Å². The van der Waals surface area contributed by atoms with Gasteiger partial charge in [-0.1, -0.05) is 0 Å². The van der Waals surface area contributed by atoms with Gasteiger partial charge in [0.2, 0.25) is 6.79 Å². The Labute approximate surface area is 114 Å². The number of carbonyl (C=O) groups excluding carboxylic acids is 1. The number of ketones is 1. The number of carbonyl (C=O) groups is 1. The van der Waals surface area contributed by atoms with Crippen LogP contribution < -0.4 is 9.47 Å². The van der Waals surface area contributed by atoms with Gasteiger partial charge in [-0.05, 0) is 31.0 Å². The Kier molecular flexibility index (Phi) is 2.35. The lowest BCUT2D eigenvalue weighted by Crippen LogP contribution is -2.07. The molecule has 0 N–H and O–H groups in total. The fourth-order valence-electron chi connectivity index (χ4n) is 2.42. The molecule has 4 rings (SSSR count). The lowest BCUT2D eigenvalue weighted by Gasteiger charge is -2.06. The number of rotatable bonds is 1. The maximum Gasteiger partial charge on any atom is 0.231 e. The zero-order chi connectivity index (χ0) is 12.8. The van der Waals surface area contributed by atoms with Crippen LogP contribution in [-0.2, 0) is 6.42 Å². The van der Waals surface area contributed by atoms with Gasteiger partial charge in [0, 0.05) is 12.0 Å². The first-order valence-electron chi connectivity index (χ1n) is 6.24. The lowest BCUT2D eigenvalue weighted by atomic mass is 10.0. The second-order valence-corrected chi connectivity index (χ2v) is 5.64. The van der Waals surface area contributed by atoms with Crippen molar-refractivity contribution in [3.8, 4) is 22.1 Å². The van der Waals surface area contributed by atoms with Crippen molar-refractivity contribution in [3.63, 3.8) is 0 Å². The van der Waals surface area contributed by atoms with E-state index in [1.165, 1.54) is 11.3 Å². The third kappa shape index (κ3) is 1.73. The van der Waals surface area contributed by atoms with Gasteiger partial charge in [-0.3, -0.25) is 4.79 Å². The maximum atomic E-state index is 11.8. The molecule has 2 aromatic rings. The van der Waals surface area contributed by atoms with Crippen molar-refractivity contribution in [3.05, 3.63) is 28.8 Å². The Balaban J connectivity index is 1.78. The van der Waals surface area contributed by atoms with Crippen molar-refractivity contribution in [1.82, 2.24) is 4.98 Å². The first-order valence-corrected chi connectivity index (χ1v) is 7.06. The summed E-state index contributed by atoms with van der Waals surface area (Å²) < 4.78 is 10.7. The Hall–Kier alpha value is -1.88. The van der Waals surface area contributed by atoms with Gasteiger partial charge in [0.15, 0.2) is 17.3 Å². The van der Waals surface area contributed by atoms with E-state index >= 15 is 0 Å². The van der Waals surface area contributed by atoms with Gasteiger partial charge >= 0.3 is 0 Å². The summed E-state index contributed by atoms with van der Waals surface area (Å²) in [5, 5.41) is 0.888. The highest BCUT2D eigenvalue weighted by atomic mass is 32.1. The van der Waals surface area contributed by atoms with E-state index in [4.69, 9.17) is 9.47 Å². The molecule has 4 nitrogen and oxygen atoms in total. The quantitative estimate of drug-likeness (QED) is 0.801. The molecular formula is C14H11NO3S. The molecule has 0 spiro atoms. The monoisotopic (exact) mass is 273 g/mol. The Morgan fingerprint density at radius 2 is 2.05 bits per heavy atom. The summed E-state index contributed by atoms with van der Waals surface area (Å²) >= 11 is 1.48. The largest absolute Gasteiger partial charge is 0.454 e. The van der Waals surface area contributed by atoms with E-state index in [9.17, 15) is 4.79 Å². The summed E-state index contributed by atoms with van der Waals surface area (Å²) in [6, 6.07) is 5.78. The van der Waals surface area contributed by atoms with Gasteiger partial charge in [0.1, 0.15) is 5.01 Å². The van der Waals surface area contributed by atoms with Crippen LogP contribution in [0.5, 0.6) is 11.5 Å². The Morgan fingerprint density at radius 3 is 2.95 bits per heavy atom. The fraction of sp³-hybridized carbons (Fsp3) is 0.286. The van der Waals surface area contributed by atoms with Crippen LogP contribution in [0.4, 0.5) is 0 Å². The second kappa shape index (κ2) is 4.06. The van der Waals surface area contributed by atoms with Crippen molar-refractivity contribution in [2.45, 2.75) is 19.3 Å². The molecule has 0 fully saturated rings. The summed E-state index contributed by atoms with van der Waals surface area (Å²) in [7, 11) is 0. The van der Waals surface area contributed by atoms with Gasteiger partial charge in [-0.15, -0.1) is 11.3 Å². The van der Waals surface area contributed by atoms with Crippen molar-refractivity contribution >= 4 is 17.1 Å². The smallest absolute Gasteiger partial charge is 0.231 e. The molecule has 0 bridgehead atoms. The third-order valence-corrected chi connectivity index (χ3v) is 4.58. The highest BCUT2D eigenvalue weighted by Gasteiger charge is 2.23. The van der Waals surface area contributed by atoms with Crippen LogP contribution in [0.25, 0.3) is 10.6 Å². The molecular weight excluding hydrogens is 262 g/mol. The summed E-state index contributed by atoms with van der Waals surface area (Å²) in [6.45, 7) is 0.269. The number of aryl methyl sites for hydroxylation is 1. The standard InChI is InChI=1S/C14H11NO3S/c16-10-3-1-2-9-13(10)19-14(15-9)8-4-5-11-12(6-8)18-7-17-11/h4-6H,1-3,7H2. The lowest BCUT2D eigenvalue weighted by molar-refractivity contribution is 0.0976.